The Hall–Kier alpha value is -3.15. The molecule has 0 unspecified atom stereocenters. The Labute approximate surface area is 216 Å². The Balaban J connectivity index is 0.000000194. The topological polar surface area (TPSA) is 0 Å². The second-order valence-corrected chi connectivity index (χ2v) is 7.52. The Kier molecular flexibility index (Phi) is 9.49. The molecule has 0 nitrogen and oxygen atoms in total. The molecule has 6 aromatic rings. The van der Waals surface area contributed by atoms with Crippen LogP contribution >= 0.6 is 0 Å². The molecule has 6 rings (SSSR count). The summed E-state index contributed by atoms with van der Waals surface area (Å²) in [5.41, 5.74) is 3.97. The van der Waals surface area contributed by atoms with E-state index in [4.69, 9.17) is 0 Å². The van der Waals surface area contributed by atoms with Crippen LogP contribution in [0.4, 0.5) is 0 Å². The summed E-state index contributed by atoms with van der Waals surface area (Å²) in [6.07, 6.45) is 0. The van der Waals surface area contributed by atoms with E-state index < -0.39 is 0 Å². The first-order valence-corrected chi connectivity index (χ1v) is 10.8. The molecule has 0 fully saturated rings. The minimum Gasteiger partial charge on any atom is -0.184 e. The van der Waals surface area contributed by atoms with Gasteiger partial charge in [-0.3, -0.25) is 0 Å². The van der Waals surface area contributed by atoms with Gasteiger partial charge in [-0.15, -0.1) is 34.5 Å². The van der Waals surface area contributed by atoms with E-state index in [0.717, 1.165) is 0 Å². The first kappa shape index (κ1) is 24.5. The van der Waals surface area contributed by atoms with Crippen molar-refractivity contribution in [2.45, 2.75) is 6.92 Å². The average molecular weight is 501 g/mol. The van der Waals surface area contributed by atoms with Crippen molar-refractivity contribution in [1.29, 1.82) is 0 Å². The van der Waals surface area contributed by atoms with Gasteiger partial charge in [0.1, 0.15) is 0 Å². The summed E-state index contributed by atoms with van der Waals surface area (Å²) >= 11 is 0. The quantitative estimate of drug-likeness (QED) is 0.198. The van der Waals surface area contributed by atoms with Gasteiger partial charge in [-0.1, -0.05) is 61.0 Å². The van der Waals surface area contributed by atoms with Crippen molar-refractivity contribution < 1.29 is 26.2 Å². The van der Waals surface area contributed by atoms with Crippen LogP contribution in [0.1, 0.15) is 5.56 Å². The normalized spacial score (nSPS) is 9.73. The van der Waals surface area contributed by atoms with Gasteiger partial charge in [-0.2, -0.15) is 78.9 Å². The molecule has 0 aliphatic carbocycles. The van der Waals surface area contributed by atoms with Gasteiger partial charge >= 0.3 is 26.2 Å². The number of hydrogen-bond acceptors (Lipinski definition) is 0. The third-order valence-electron chi connectivity index (χ3n) is 5.19. The van der Waals surface area contributed by atoms with Crippen molar-refractivity contribution in [3.05, 3.63) is 151 Å². The minimum absolute atomic E-state index is 0. The number of hydrogen-bond donors (Lipinski definition) is 0. The second kappa shape index (κ2) is 12.8. The third-order valence-corrected chi connectivity index (χ3v) is 5.19. The van der Waals surface area contributed by atoms with Crippen molar-refractivity contribution in [2.75, 3.05) is 0 Å². The molecule has 0 heterocycles. The van der Waals surface area contributed by atoms with Crippen LogP contribution in [0.15, 0.2) is 133 Å². The van der Waals surface area contributed by atoms with Crippen LogP contribution in [0, 0.1) is 19.1 Å². The van der Waals surface area contributed by atoms with E-state index >= 15 is 0 Å². The number of benzene rings is 5. The maximum absolute atomic E-state index is 2.89. The summed E-state index contributed by atoms with van der Waals surface area (Å²) in [5, 5.41) is 5.29. The summed E-state index contributed by atoms with van der Waals surface area (Å²) in [7, 11) is 0. The van der Waals surface area contributed by atoms with Crippen LogP contribution in [0.5, 0.6) is 0 Å². The summed E-state index contributed by atoms with van der Waals surface area (Å²) in [5.74, 6) is 0. The Morgan fingerprint density at radius 3 is 1.67 bits per heavy atom. The number of rotatable bonds is 1. The predicted octanol–water partition coefficient (Wildman–Crippen LogP) is 8.66. The van der Waals surface area contributed by atoms with Crippen molar-refractivity contribution in [3.8, 4) is 11.1 Å². The largest absolute Gasteiger partial charge is 3.00 e. The van der Waals surface area contributed by atoms with Crippen LogP contribution in [0.3, 0.4) is 0 Å². The molecule has 1 radical (unpaired) electrons. The van der Waals surface area contributed by atoms with Gasteiger partial charge in [-0.05, 0) is 16.3 Å². The van der Waals surface area contributed by atoms with E-state index in [-0.39, 0.29) is 26.2 Å². The van der Waals surface area contributed by atoms with Gasteiger partial charge in [0, 0.05) is 0 Å². The first-order chi connectivity index (χ1) is 15.8. The molecule has 6 aromatic carbocycles. The van der Waals surface area contributed by atoms with E-state index in [1.54, 1.807) is 0 Å². The molecule has 0 aliphatic heterocycles. The molecule has 0 spiro atoms. The van der Waals surface area contributed by atoms with Crippen molar-refractivity contribution in [3.63, 3.8) is 0 Å². The molecule has 0 saturated heterocycles. The summed E-state index contributed by atoms with van der Waals surface area (Å²) in [6, 6.07) is 51.2. The molecular weight excluding hydrogens is 476 g/mol. The molecule has 0 atom stereocenters. The first-order valence-electron chi connectivity index (χ1n) is 10.8. The third kappa shape index (κ3) is 6.67. The minimum atomic E-state index is 0. The molecule has 0 aromatic heterocycles. The predicted molar refractivity (Wildman–Crippen MR) is 138 cm³/mol. The molecule has 33 heavy (non-hydrogen) atoms. The van der Waals surface area contributed by atoms with Gasteiger partial charge in [0.05, 0.1) is 0 Å². The molecule has 0 saturated carbocycles. The van der Waals surface area contributed by atoms with E-state index in [2.05, 4.69) is 91.9 Å². The smallest absolute Gasteiger partial charge is 0.184 e. The molecule has 1 heteroatoms. The van der Waals surface area contributed by atoms with Gasteiger partial charge in [0.25, 0.3) is 0 Å². The molecule has 0 N–H and O–H groups in total. The van der Waals surface area contributed by atoms with Gasteiger partial charge in [-0.25, -0.2) is 0 Å². The van der Waals surface area contributed by atoms with Crippen LogP contribution < -0.4 is 0 Å². The van der Waals surface area contributed by atoms with Crippen molar-refractivity contribution in [2.24, 2.45) is 0 Å². The second-order valence-electron chi connectivity index (χ2n) is 7.52. The Morgan fingerprint density at radius 2 is 1.09 bits per heavy atom. The zero-order chi connectivity index (χ0) is 22.0. The van der Waals surface area contributed by atoms with Crippen LogP contribution in [0.2, 0.25) is 0 Å². The Bertz CT molecular complexity index is 1280. The van der Waals surface area contributed by atoms with Gasteiger partial charge in [0.2, 0.25) is 0 Å². The molecule has 0 aliphatic rings. The van der Waals surface area contributed by atoms with Crippen LogP contribution in [-0.4, -0.2) is 0 Å². The SMILES string of the molecule is Cc1cc2c(-c3cccc4ccccc34)cccc2[cH-]1.[Zr+3].[c-]1ccccc1.[c-]1ccccc1. The van der Waals surface area contributed by atoms with E-state index in [0.29, 0.717) is 0 Å². The summed E-state index contributed by atoms with van der Waals surface area (Å²) in [6.45, 7) is 2.16. The fourth-order valence-electron chi connectivity index (χ4n) is 3.76. The van der Waals surface area contributed by atoms with Crippen LogP contribution in [-0.2, 0) is 26.2 Å². The number of aryl methyl sites for hydroxylation is 1. The summed E-state index contributed by atoms with van der Waals surface area (Å²) < 4.78 is 0. The zero-order valence-corrected chi connectivity index (χ0v) is 21.2. The van der Waals surface area contributed by atoms with E-state index in [1.165, 1.54) is 38.2 Å². The van der Waals surface area contributed by atoms with Gasteiger partial charge < -0.3 is 0 Å². The van der Waals surface area contributed by atoms with Crippen molar-refractivity contribution in [1.82, 2.24) is 0 Å². The molecule has 0 amide bonds. The average Bonchev–Trinajstić information content (AvgIpc) is 3.27. The maximum Gasteiger partial charge on any atom is 3.00 e. The van der Waals surface area contributed by atoms with E-state index in [1.807, 2.05) is 60.7 Å². The maximum atomic E-state index is 2.89. The van der Waals surface area contributed by atoms with Gasteiger partial charge in [0.15, 0.2) is 0 Å². The molecule has 157 valence electrons. The number of fused-ring (bicyclic) bond motifs is 2. The van der Waals surface area contributed by atoms with E-state index in [9.17, 15) is 0 Å². The fourth-order valence-corrected chi connectivity index (χ4v) is 3.76. The summed E-state index contributed by atoms with van der Waals surface area (Å²) in [4.78, 5) is 0. The molecule has 0 bridgehead atoms. The standard InChI is InChI=1S/C20H15.2C6H5.Zr/c1-14-12-16-8-5-11-19(20(16)13-14)18-10-4-7-15-6-2-3-9-17(15)18;2*1-2-4-6-5-3-1;/h2-13H,1H3;2*1-5H;/q3*-1;+3. The monoisotopic (exact) mass is 499 g/mol. The van der Waals surface area contributed by atoms with Crippen molar-refractivity contribution >= 4 is 21.5 Å². The zero-order valence-electron chi connectivity index (χ0n) is 18.7. The fraction of sp³-hybridized carbons (Fsp3) is 0.0312. The molecular formula is C32H25Zr. The van der Waals surface area contributed by atoms with Crippen LogP contribution in [0.25, 0.3) is 32.7 Å². The Morgan fingerprint density at radius 1 is 0.545 bits per heavy atom.